The number of fused-ring (bicyclic) bond motifs is 1. The molecule has 1 radical (unpaired) electrons. The maximum absolute atomic E-state index is 12.7. The van der Waals surface area contributed by atoms with Crippen molar-refractivity contribution in [2.45, 2.75) is 57.3 Å². The van der Waals surface area contributed by atoms with Crippen LogP contribution in [0, 0.1) is 12.3 Å². The molecule has 131 valence electrons. The monoisotopic (exact) mass is 339 g/mol. The molecule has 4 rings (SSSR count). The van der Waals surface area contributed by atoms with Gasteiger partial charge in [0.05, 0.1) is 11.1 Å². The number of carbonyl (C=O) groups excluding carboxylic acids is 1. The molecule has 1 heterocycles. The van der Waals surface area contributed by atoms with Crippen LogP contribution in [0.5, 0.6) is 5.75 Å². The van der Waals surface area contributed by atoms with Crippen molar-refractivity contribution in [2.24, 2.45) is 5.92 Å². The minimum atomic E-state index is -0.481. The van der Waals surface area contributed by atoms with Crippen molar-refractivity contribution < 1.29 is 14.3 Å². The molecule has 1 aromatic rings. The average molecular weight is 339 g/mol. The number of hydrogen-bond donors (Lipinski definition) is 1. The summed E-state index contributed by atoms with van der Waals surface area (Å²) in [5.74, 6) is 0.299. The first-order chi connectivity index (χ1) is 12.2. The van der Waals surface area contributed by atoms with Crippen LogP contribution >= 0.6 is 0 Å². The average Bonchev–Trinajstić information content (AvgIpc) is 3.41. The molecule has 0 aliphatic heterocycles. The normalized spacial score (nSPS) is 21.9. The molecule has 1 N–H and O–H groups in total. The Hall–Kier alpha value is -2.10. The van der Waals surface area contributed by atoms with E-state index < -0.39 is 5.63 Å². The highest BCUT2D eigenvalue weighted by Crippen LogP contribution is 2.49. The van der Waals surface area contributed by atoms with Gasteiger partial charge in [-0.25, -0.2) is 4.79 Å². The molecule has 0 spiro atoms. The Labute approximate surface area is 147 Å². The van der Waals surface area contributed by atoms with Crippen LogP contribution in [0.1, 0.15) is 72.5 Å². The SMILES string of the molecule is O=C1CCCCCc2oc(=O)c(C(C3=CC[CH]C=C3)C3CC3)c(O)c21. The van der Waals surface area contributed by atoms with E-state index in [2.05, 4.69) is 12.5 Å². The fourth-order valence-electron chi connectivity index (χ4n) is 4.06. The van der Waals surface area contributed by atoms with Crippen LogP contribution in [-0.2, 0) is 6.42 Å². The zero-order valence-electron chi connectivity index (χ0n) is 14.3. The van der Waals surface area contributed by atoms with Crippen LogP contribution in [0.15, 0.2) is 33.0 Å². The summed E-state index contributed by atoms with van der Waals surface area (Å²) >= 11 is 0. The first-order valence-electron chi connectivity index (χ1n) is 9.28. The highest BCUT2D eigenvalue weighted by atomic mass is 16.4. The van der Waals surface area contributed by atoms with E-state index >= 15 is 0 Å². The highest BCUT2D eigenvalue weighted by molar-refractivity contribution is 5.99. The van der Waals surface area contributed by atoms with Gasteiger partial charge in [0.15, 0.2) is 5.78 Å². The molecule has 1 atom stereocenters. The van der Waals surface area contributed by atoms with E-state index in [4.69, 9.17) is 4.42 Å². The maximum Gasteiger partial charge on any atom is 0.343 e. The van der Waals surface area contributed by atoms with E-state index in [1.54, 1.807) is 0 Å². The van der Waals surface area contributed by atoms with E-state index in [1.807, 2.05) is 12.2 Å². The Kier molecular flexibility index (Phi) is 4.36. The zero-order valence-corrected chi connectivity index (χ0v) is 14.3. The molecule has 1 unspecified atom stereocenters. The maximum atomic E-state index is 12.7. The lowest BCUT2D eigenvalue weighted by Crippen LogP contribution is -2.21. The van der Waals surface area contributed by atoms with Crippen molar-refractivity contribution in [1.29, 1.82) is 0 Å². The Morgan fingerprint density at radius 2 is 1.92 bits per heavy atom. The van der Waals surface area contributed by atoms with Gasteiger partial charge in [-0.15, -0.1) is 0 Å². The third-order valence-corrected chi connectivity index (χ3v) is 5.47. The van der Waals surface area contributed by atoms with Crippen molar-refractivity contribution in [2.75, 3.05) is 0 Å². The number of rotatable bonds is 3. The second-order valence-corrected chi connectivity index (χ2v) is 7.28. The van der Waals surface area contributed by atoms with Gasteiger partial charge in [0.2, 0.25) is 0 Å². The zero-order chi connectivity index (χ0) is 17.4. The lowest BCUT2D eigenvalue weighted by molar-refractivity contribution is 0.0968. The Balaban J connectivity index is 1.86. The summed E-state index contributed by atoms with van der Waals surface area (Å²) in [7, 11) is 0. The van der Waals surface area contributed by atoms with Gasteiger partial charge in [0.25, 0.3) is 0 Å². The van der Waals surface area contributed by atoms with Gasteiger partial charge in [-0.1, -0.05) is 24.6 Å². The second-order valence-electron chi connectivity index (χ2n) is 7.28. The lowest BCUT2D eigenvalue weighted by Gasteiger charge is -2.22. The molecular weight excluding hydrogens is 316 g/mol. The number of aromatic hydroxyl groups is 1. The van der Waals surface area contributed by atoms with Gasteiger partial charge in [-0.3, -0.25) is 4.79 Å². The molecule has 0 aromatic carbocycles. The first-order valence-corrected chi connectivity index (χ1v) is 9.28. The molecule has 0 bridgehead atoms. The van der Waals surface area contributed by atoms with Gasteiger partial charge >= 0.3 is 5.63 Å². The molecule has 0 amide bonds. The van der Waals surface area contributed by atoms with Crippen LogP contribution in [0.2, 0.25) is 0 Å². The van der Waals surface area contributed by atoms with E-state index in [9.17, 15) is 14.7 Å². The predicted molar refractivity (Wildman–Crippen MR) is 94.8 cm³/mol. The molecule has 4 heteroatoms. The third-order valence-electron chi connectivity index (χ3n) is 5.47. The molecule has 1 fully saturated rings. The minimum absolute atomic E-state index is 0.103. The van der Waals surface area contributed by atoms with E-state index in [0.717, 1.165) is 44.1 Å². The van der Waals surface area contributed by atoms with Crippen molar-refractivity contribution >= 4 is 5.78 Å². The van der Waals surface area contributed by atoms with Crippen LogP contribution < -0.4 is 5.63 Å². The van der Waals surface area contributed by atoms with Crippen LogP contribution in [0.25, 0.3) is 0 Å². The van der Waals surface area contributed by atoms with E-state index in [0.29, 0.717) is 24.5 Å². The molecule has 25 heavy (non-hydrogen) atoms. The summed E-state index contributed by atoms with van der Waals surface area (Å²) in [5, 5.41) is 10.9. The Bertz CT molecular complexity index is 808. The molecule has 0 saturated heterocycles. The smallest absolute Gasteiger partial charge is 0.343 e. The van der Waals surface area contributed by atoms with Crippen LogP contribution in [-0.4, -0.2) is 10.9 Å². The topological polar surface area (TPSA) is 67.5 Å². The molecule has 1 aromatic heterocycles. The van der Waals surface area contributed by atoms with Gasteiger partial charge in [-0.2, -0.15) is 0 Å². The fraction of sp³-hybridized carbons (Fsp3) is 0.476. The molecular formula is C21H23O4. The minimum Gasteiger partial charge on any atom is -0.506 e. The van der Waals surface area contributed by atoms with Crippen molar-refractivity contribution in [3.8, 4) is 5.75 Å². The predicted octanol–water partition coefficient (Wildman–Crippen LogP) is 4.23. The lowest BCUT2D eigenvalue weighted by atomic mass is 9.83. The van der Waals surface area contributed by atoms with Gasteiger partial charge in [-0.05, 0) is 50.0 Å². The quantitative estimate of drug-likeness (QED) is 0.895. The number of Topliss-reactive ketones (excluding diaryl/α,β-unsaturated/α-hetero) is 1. The van der Waals surface area contributed by atoms with Gasteiger partial charge < -0.3 is 9.52 Å². The van der Waals surface area contributed by atoms with Crippen molar-refractivity contribution in [3.05, 3.63) is 57.5 Å². The summed E-state index contributed by atoms with van der Waals surface area (Å²) in [5.41, 5.74) is 1.11. The van der Waals surface area contributed by atoms with Crippen LogP contribution in [0.4, 0.5) is 0 Å². The van der Waals surface area contributed by atoms with E-state index in [-0.39, 0.29) is 28.6 Å². The number of hydrogen-bond acceptors (Lipinski definition) is 4. The summed E-state index contributed by atoms with van der Waals surface area (Å²) in [6.45, 7) is 0. The van der Waals surface area contributed by atoms with Gasteiger partial charge in [0, 0.05) is 18.8 Å². The highest BCUT2D eigenvalue weighted by Gasteiger charge is 2.39. The van der Waals surface area contributed by atoms with Crippen molar-refractivity contribution in [3.63, 3.8) is 0 Å². The molecule has 1 saturated carbocycles. The Morgan fingerprint density at radius 3 is 2.64 bits per heavy atom. The standard InChI is InChI=1S/C21H23O4/c22-15-9-5-2-6-10-16-18(15)20(23)19(21(24)25-16)17(14-11-12-14)13-7-3-1-4-8-13/h1,3,7-8,14,17,23H,2,4-6,9-12H2. The summed E-state index contributed by atoms with van der Waals surface area (Å²) in [6.07, 6.45) is 14.6. The number of allylic oxidation sites excluding steroid dienone is 4. The van der Waals surface area contributed by atoms with E-state index in [1.165, 1.54) is 0 Å². The number of carbonyl (C=O) groups is 1. The fourth-order valence-corrected chi connectivity index (χ4v) is 4.06. The first kappa shape index (κ1) is 16.4. The third kappa shape index (κ3) is 3.10. The van der Waals surface area contributed by atoms with Gasteiger partial charge in [0.1, 0.15) is 11.5 Å². The second kappa shape index (κ2) is 6.66. The summed E-state index contributed by atoms with van der Waals surface area (Å²) in [6, 6.07) is 0. The summed E-state index contributed by atoms with van der Waals surface area (Å²) < 4.78 is 5.57. The van der Waals surface area contributed by atoms with Crippen LogP contribution in [0.3, 0.4) is 0 Å². The summed E-state index contributed by atoms with van der Waals surface area (Å²) in [4.78, 5) is 25.3. The number of aryl methyl sites for hydroxylation is 1. The molecule has 3 aliphatic rings. The molecule has 3 aliphatic carbocycles. The van der Waals surface area contributed by atoms with Crippen molar-refractivity contribution in [1.82, 2.24) is 0 Å². The largest absolute Gasteiger partial charge is 0.506 e. The number of ketones is 1. The Morgan fingerprint density at radius 1 is 1.12 bits per heavy atom. The molecule has 4 nitrogen and oxygen atoms in total.